The molecule has 0 aliphatic carbocycles. The summed E-state index contributed by atoms with van der Waals surface area (Å²) < 4.78 is 60.4. The molecule has 0 saturated carbocycles. The number of hydrogen-bond donors (Lipinski definition) is 0. The third-order valence-electron chi connectivity index (χ3n) is 5.22. The Morgan fingerprint density at radius 1 is 0.972 bits per heavy atom. The summed E-state index contributed by atoms with van der Waals surface area (Å²) in [6, 6.07) is 18.3. The molecule has 1 unspecified atom stereocenters. The van der Waals surface area contributed by atoms with Crippen LogP contribution in [0.3, 0.4) is 0 Å². The van der Waals surface area contributed by atoms with E-state index in [1.54, 1.807) is 60.0 Å². The van der Waals surface area contributed by atoms with Crippen LogP contribution in [-0.4, -0.2) is 25.0 Å². The number of fused-ring (bicyclic) bond motifs is 1. The zero-order valence-corrected chi connectivity index (χ0v) is 21.5. The summed E-state index contributed by atoms with van der Waals surface area (Å²) in [5.74, 6) is 2.09. The molecule has 0 amide bonds. The second-order valence-electron chi connectivity index (χ2n) is 7.64. The Hall–Kier alpha value is -3.17. The Bertz CT molecular complexity index is 1320. The molecular weight excluding hydrogens is 489 g/mol. The minimum absolute atomic E-state index is 0. The summed E-state index contributed by atoms with van der Waals surface area (Å²) >= 11 is 0. The van der Waals surface area contributed by atoms with Crippen molar-refractivity contribution in [2.45, 2.75) is 51.6 Å². The van der Waals surface area contributed by atoms with Gasteiger partial charge in [-0.15, -0.1) is 0 Å². The van der Waals surface area contributed by atoms with Gasteiger partial charge in [-0.2, -0.15) is 13.2 Å². The minimum Gasteiger partial charge on any atom is -0.457 e. The number of aromatic nitrogens is 2. The van der Waals surface area contributed by atoms with Crippen molar-refractivity contribution in [1.29, 1.82) is 0 Å². The van der Waals surface area contributed by atoms with E-state index in [-0.39, 0.29) is 11.0 Å². The van der Waals surface area contributed by atoms with E-state index in [1.807, 2.05) is 19.9 Å². The summed E-state index contributed by atoms with van der Waals surface area (Å²) in [5.41, 5.74) is 0.153. The molecule has 0 aliphatic rings. The van der Waals surface area contributed by atoms with Crippen molar-refractivity contribution in [2.75, 3.05) is 5.75 Å². The molecule has 1 atom stereocenters. The molecule has 0 spiro atoms. The van der Waals surface area contributed by atoms with Crippen LogP contribution < -0.4 is 4.74 Å². The number of benzene rings is 3. The Labute approximate surface area is 211 Å². The second kappa shape index (κ2) is 12.7. The lowest BCUT2D eigenvalue weighted by Crippen LogP contribution is -2.05. The smallest absolute Gasteiger partial charge is 0.418 e. The van der Waals surface area contributed by atoms with Gasteiger partial charge in [0.25, 0.3) is 0 Å². The minimum atomic E-state index is -4.49. The van der Waals surface area contributed by atoms with Crippen molar-refractivity contribution < 1.29 is 27.6 Å². The zero-order valence-electron chi connectivity index (χ0n) is 20.7. The van der Waals surface area contributed by atoms with Crippen molar-refractivity contribution in [3.63, 3.8) is 0 Å². The van der Waals surface area contributed by atoms with Gasteiger partial charge in [-0.1, -0.05) is 45.4 Å². The largest absolute Gasteiger partial charge is 0.457 e. The predicted molar refractivity (Wildman–Crippen MR) is 138 cm³/mol. The number of halogens is 3. The van der Waals surface area contributed by atoms with Crippen LogP contribution in [0.15, 0.2) is 71.6 Å². The average molecular weight is 521 g/mol. The summed E-state index contributed by atoms with van der Waals surface area (Å²) in [7, 11) is -1.09. The van der Waals surface area contributed by atoms with Crippen LogP contribution in [0.25, 0.3) is 16.7 Å². The maximum Gasteiger partial charge on any atom is 0.418 e. The van der Waals surface area contributed by atoms with Crippen molar-refractivity contribution >= 4 is 21.8 Å². The van der Waals surface area contributed by atoms with Crippen LogP contribution in [0.2, 0.25) is 0 Å². The van der Waals surface area contributed by atoms with E-state index in [0.717, 1.165) is 18.9 Å². The normalized spacial score (nSPS) is 11.9. The maximum absolute atomic E-state index is 13.4. The van der Waals surface area contributed by atoms with E-state index in [4.69, 9.17) is 4.74 Å². The first kappa shape index (κ1) is 29.1. The summed E-state index contributed by atoms with van der Waals surface area (Å²) in [5, 5.41) is 0. The predicted octanol–water partition coefficient (Wildman–Crippen LogP) is 7.25. The summed E-state index contributed by atoms with van der Waals surface area (Å²) in [6.45, 7) is 7.72. The molecular formula is C27H31F3N2O3S. The lowest BCUT2D eigenvalue weighted by Gasteiger charge is -2.12. The monoisotopic (exact) mass is 520 g/mol. The highest BCUT2D eigenvalue weighted by atomic mass is 32.2. The van der Waals surface area contributed by atoms with E-state index in [2.05, 4.69) is 11.9 Å². The van der Waals surface area contributed by atoms with Crippen LogP contribution in [-0.2, 0) is 17.0 Å². The van der Waals surface area contributed by atoms with Crippen LogP contribution in [0.5, 0.6) is 11.5 Å². The quantitative estimate of drug-likeness (QED) is 0.257. The molecule has 0 bridgehead atoms. The highest BCUT2D eigenvalue weighted by Crippen LogP contribution is 2.36. The van der Waals surface area contributed by atoms with Gasteiger partial charge in [0.15, 0.2) is 0 Å². The molecule has 0 radical (unpaired) electrons. The van der Waals surface area contributed by atoms with Crippen LogP contribution in [0.4, 0.5) is 13.2 Å². The molecule has 194 valence electrons. The van der Waals surface area contributed by atoms with Gasteiger partial charge in [-0.05, 0) is 55.8 Å². The molecule has 4 aromatic rings. The lowest BCUT2D eigenvalue weighted by atomic mass is 10.1. The van der Waals surface area contributed by atoms with Crippen molar-refractivity contribution in [1.82, 2.24) is 9.55 Å². The SMILES string of the molecule is CC.CCCCS(=O)c1cccc(Oc2cccc(-n3c(C)nc4c(C(F)(F)F)cccc43)c2)c1.O. The molecule has 4 rings (SSSR count). The fraction of sp³-hybridized carbons (Fsp3) is 0.296. The van der Waals surface area contributed by atoms with E-state index in [0.29, 0.717) is 39.2 Å². The Kier molecular flexibility index (Phi) is 10.2. The first-order valence-corrected chi connectivity index (χ1v) is 12.9. The van der Waals surface area contributed by atoms with Crippen LogP contribution in [0.1, 0.15) is 45.0 Å². The molecule has 36 heavy (non-hydrogen) atoms. The van der Waals surface area contributed by atoms with E-state index in [9.17, 15) is 17.4 Å². The third-order valence-corrected chi connectivity index (χ3v) is 6.66. The Balaban J connectivity index is 0.00000148. The van der Waals surface area contributed by atoms with Crippen molar-refractivity contribution in [3.05, 3.63) is 78.1 Å². The lowest BCUT2D eigenvalue weighted by molar-refractivity contribution is -0.136. The van der Waals surface area contributed by atoms with E-state index >= 15 is 0 Å². The van der Waals surface area contributed by atoms with Gasteiger partial charge < -0.3 is 10.2 Å². The van der Waals surface area contributed by atoms with Gasteiger partial charge in [0.1, 0.15) is 22.8 Å². The molecule has 0 saturated heterocycles. The third kappa shape index (κ3) is 6.53. The summed E-state index contributed by atoms with van der Waals surface area (Å²) in [4.78, 5) is 4.90. The number of imidazole rings is 1. The van der Waals surface area contributed by atoms with Crippen molar-refractivity contribution in [3.8, 4) is 17.2 Å². The number of nitrogens with zero attached hydrogens (tertiary/aromatic N) is 2. The fourth-order valence-corrected chi connectivity index (χ4v) is 4.93. The number of hydrogen-bond acceptors (Lipinski definition) is 3. The first-order chi connectivity index (χ1) is 16.8. The molecule has 3 aromatic carbocycles. The maximum atomic E-state index is 13.4. The van der Waals surface area contributed by atoms with Gasteiger partial charge in [-0.3, -0.25) is 8.78 Å². The van der Waals surface area contributed by atoms with E-state index in [1.165, 1.54) is 6.07 Å². The van der Waals surface area contributed by atoms with Gasteiger partial charge >= 0.3 is 6.18 Å². The Morgan fingerprint density at radius 2 is 1.61 bits per heavy atom. The average Bonchev–Trinajstić information content (AvgIpc) is 3.19. The van der Waals surface area contributed by atoms with Gasteiger partial charge in [-0.25, -0.2) is 4.98 Å². The Morgan fingerprint density at radius 3 is 2.28 bits per heavy atom. The number of alkyl halides is 3. The first-order valence-electron chi connectivity index (χ1n) is 11.6. The second-order valence-corrected chi connectivity index (χ2v) is 9.21. The van der Waals surface area contributed by atoms with Gasteiger partial charge in [0, 0.05) is 16.7 Å². The number of aryl methyl sites for hydroxylation is 1. The molecule has 0 aliphatic heterocycles. The van der Waals surface area contributed by atoms with Gasteiger partial charge in [0.05, 0.1) is 27.6 Å². The topological polar surface area (TPSA) is 75.6 Å². The van der Waals surface area contributed by atoms with Crippen LogP contribution >= 0.6 is 0 Å². The number of para-hydroxylation sites is 1. The molecule has 1 heterocycles. The number of rotatable bonds is 7. The highest BCUT2D eigenvalue weighted by molar-refractivity contribution is 7.85. The highest BCUT2D eigenvalue weighted by Gasteiger charge is 2.34. The van der Waals surface area contributed by atoms with Crippen molar-refractivity contribution in [2.24, 2.45) is 0 Å². The standard InChI is InChI=1S/C25H23F3N2O2S.C2H6.H2O/c1-3-4-14-33(31)21-11-6-10-20(16-21)32-19-9-5-8-18(15-19)30-17(2)29-24-22(25(26,27)28)12-7-13-23(24)30;1-2;/h5-13,15-16H,3-4,14H2,1-2H3;1-2H3;1H2. The van der Waals surface area contributed by atoms with Gasteiger partial charge in [0.2, 0.25) is 0 Å². The number of ether oxygens (including phenoxy) is 1. The molecule has 5 nitrogen and oxygen atoms in total. The summed E-state index contributed by atoms with van der Waals surface area (Å²) in [6.07, 6.45) is -2.63. The molecule has 1 aromatic heterocycles. The molecule has 2 N–H and O–H groups in total. The molecule has 0 fully saturated rings. The number of unbranched alkanes of at least 4 members (excludes halogenated alkanes) is 1. The molecule has 9 heteroatoms. The van der Waals surface area contributed by atoms with Crippen LogP contribution in [0, 0.1) is 6.92 Å². The van der Waals surface area contributed by atoms with E-state index < -0.39 is 22.5 Å². The fourth-order valence-electron chi connectivity index (χ4n) is 3.66. The zero-order chi connectivity index (χ0) is 25.6.